The number of rotatable bonds is 6. The second-order valence-electron chi connectivity index (χ2n) is 7.10. The Morgan fingerprint density at radius 3 is 2.30 bits per heavy atom. The van der Waals surface area contributed by atoms with Crippen LogP contribution >= 0.6 is 0 Å². The summed E-state index contributed by atoms with van der Waals surface area (Å²) in [7, 11) is 0. The summed E-state index contributed by atoms with van der Waals surface area (Å²) in [6, 6.07) is 7.45. The van der Waals surface area contributed by atoms with Gasteiger partial charge >= 0.3 is 11.8 Å². The van der Waals surface area contributed by atoms with Crippen molar-refractivity contribution < 1.29 is 14.7 Å². The Hall–Kier alpha value is -1.88. The fraction of sp³-hybridized carbons (Fsp3) is 0.556. The van der Waals surface area contributed by atoms with Gasteiger partial charge in [0.2, 0.25) is 0 Å². The predicted molar refractivity (Wildman–Crippen MR) is 92.2 cm³/mol. The molecule has 0 heterocycles. The van der Waals surface area contributed by atoms with Gasteiger partial charge in [-0.1, -0.05) is 45.9 Å². The van der Waals surface area contributed by atoms with Gasteiger partial charge in [0, 0.05) is 12.2 Å². The number of para-hydroxylation sites is 1. The SMILES string of the molecule is CC(O)CC(C)(C)CNC(=O)C(=O)Nc1ccccc1C(C)C. The van der Waals surface area contributed by atoms with Crippen molar-refractivity contribution in [2.45, 2.75) is 53.1 Å². The number of aliphatic hydroxyl groups is 1. The first-order valence-corrected chi connectivity index (χ1v) is 7.98. The van der Waals surface area contributed by atoms with Crippen LogP contribution in [0.2, 0.25) is 0 Å². The second-order valence-corrected chi connectivity index (χ2v) is 7.10. The van der Waals surface area contributed by atoms with Gasteiger partial charge in [-0.05, 0) is 36.3 Å². The molecular weight excluding hydrogens is 292 g/mol. The van der Waals surface area contributed by atoms with Crippen molar-refractivity contribution in [3.63, 3.8) is 0 Å². The van der Waals surface area contributed by atoms with Crippen LogP contribution in [0.15, 0.2) is 24.3 Å². The molecule has 3 N–H and O–H groups in total. The average Bonchev–Trinajstić information content (AvgIpc) is 2.43. The van der Waals surface area contributed by atoms with Crippen LogP contribution in [0.4, 0.5) is 5.69 Å². The maximum absolute atomic E-state index is 12.1. The van der Waals surface area contributed by atoms with E-state index in [0.29, 0.717) is 18.7 Å². The van der Waals surface area contributed by atoms with E-state index < -0.39 is 17.9 Å². The molecule has 0 aliphatic rings. The van der Waals surface area contributed by atoms with Crippen molar-refractivity contribution >= 4 is 17.5 Å². The third-order valence-electron chi connectivity index (χ3n) is 3.61. The van der Waals surface area contributed by atoms with E-state index in [4.69, 9.17) is 0 Å². The summed E-state index contributed by atoms with van der Waals surface area (Å²) >= 11 is 0. The molecule has 0 saturated heterocycles. The van der Waals surface area contributed by atoms with Crippen molar-refractivity contribution in [3.8, 4) is 0 Å². The van der Waals surface area contributed by atoms with E-state index in [-0.39, 0.29) is 11.3 Å². The monoisotopic (exact) mass is 320 g/mol. The topological polar surface area (TPSA) is 78.4 Å². The van der Waals surface area contributed by atoms with E-state index in [9.17, 15) is 14.7 Å². The van der Waals surface area contributed by atoms with E-state index in [0.717, 1.165) is 5.56 Å². The molecule has 0 spiro atoms. The van der Waals surface area contributed by atoms with Crippen LogP contribution in [0.3, 0.4) is 0 Å². The summed E-state index contributed by atoms with van der Waals surface area (Å²) in [6.07, 6.45) is 0.0964. The van der Waals surface area contributed by atoms with E-state index in [2.05, 4.69) is 10.6 Å². The minimum atomic E-state index is -0.675. The number of hydrogen-bond donors (Lipinski definition) is 3. The number of anilines is 1. The van der Waals surface area contributed by atoms with Crippen LogP contribution in [0.25, 0.3) is 0 Å². The summed E-state index contributed by atoms with van der Waals surface area (Å²) in [5, 5.41) is 14.8. The first-order chi connectivity index (χ1) is 10.6. The third kappa shape index (κ3) is 6.40. The normalized spacial score (nSPS) is 12.8. The van der Waals surface area contributed by atoms with Crippen LogP contribution in [-0.2, 0) is 9.59 Å². The van der Waals surface area contributed by atoms with Gasteiger partial charge in [0.15, 0.2) is 0 Å². The van der Waals surface area contributed by atoms with Gasteiger partial charge in [0.05, 0.1) is 6.10 Å². The van der Waals surface area contributed by atoms with Crippen LogP contribution in [-0.4, -0.2) is 29.6 Å². The summed E-state index contributed by atoms with van der Waals surface area (Å²) in [5.74, 6) is -1.09. The smallest absolute Gasteiger partial charge is 0.313 e. The van der Waals surface area contributed by atoms with Crippen LogP contribution < -0.4 is 10.6 Å². The Labute approximate surface area is 138 Å². The van der Waals surface area contributed by atoms with Crippen molar-refractivity contribution in [2.24, 2.45) is 5.41 Å². The number of benzene rings is 1. The molecule has 23 heavy (non-hydrogen) atoms. The molecule has 0 aliphatic carbocycles. The highest BCUT2D eigenvalue weighted by atomic mass is 16.3. The van der Waals surface area contributed by atoms with Gasteiger partial charge in [0.25, 0.3) is 0 Å². The average molecular weight is 320 g/mol. The molecule has 0 fully saturated rings. The first-order valence-electron chi connectivity index (χ1n) is 7.98. The summed E-state index contributed by atoms with van der Waals surface area (Å²) in [5.41, 5.74) is 1.37. The lowest BCUT2D eigenvalue weighted by Crippen LogP contribution is -2.41. The molecule has 128 valence electrons. The molecule has 1 aromatic carbocycles. The van der Waals surface area contributed by atoms with Crippen molar-refractivity contribution in [1.82, 2.24) is 5.32 Å². The molecule has 0 aromatic heterocycles. The zero-order valence-corrected chi connectivity index (χ0v) is 14.6. The molecule has 0 radical (unpaired) electrons. The molecule has 1 aromatic rings. The number of carbonyl (C=O) groups is 2. The van der Waals surface area contributed by atoms with Crippen LogP contribution in [0, 0.1) is 5.41 Å². The molecule has 0 saturated carbocycles. The maximum atomic E-state index is 12.1. The van der Waals surface area contributed by atoms with Gasteiger partial charge in [-0.2, -0.15) is 0 Å². The van der Waals surface area contributed by atoms with Crippen LogP contribution in [0.1, 0.15) is 52.5 Å². The fourth-order valence-corrected chi connectivity index (χ4v) is 2.57. The Kier molecular flexibility index (Phi) is 6.76. The van der Waals surface area contributed by atoms with Gasteiger partial charge in [-0.15, -0.1) is 0 Å². The second kappa shape index (κ2) is 8.11. The first kappa shape index (κ1) is 19.2. The molecule has 0 bridgehead atoms. The maximum Gasteiger partial charge on any atom is 0.313 e. The summed E-state index contributed by atoms with van der Waals surface area (Å²) in [6.45, 7) is 9.97. The van der Waals surface area contributed by atoms with Crippen molar-refractivity contribution in [1.29, 1.82) is 0 Å². The van der Waals surface area contributed by atoms with E-state index >= 15 is 0 Å². The highest BCUT2D eigenvalue weighted by Crippen LogP contribution is 2.24. The number of carbonyl (C=O) groups excluding carboxylic acids is 2. The minimum absolute atomic E-state index is 0.250. The largest absolute Gasteiger partial charge is 0.393 e. The third-order valence-corrected chi connectivity index (χ3v) is 3.61. The lowest BCUT2D eigenvalue weighted by atomic mass is 9.87. The Bertz CT molecular complexity index is 551. The number of nitrogens with one attached hydrogen (secondary N) is 2. The molecule has 1 unspecified atom stereocenters. The van der Waals surface area contributed by atoms with Gasteiger partial charge in [0.1, 0.15) is 0 Å². The molecule has 5 heteroatoms. The van der Waals surface area contributed by atoms with Gasteiger partial charge in [-0.25, -0.2) is 0 Å². The number of hydrogen-bond acceptors (Lipinski definition) is 3. The lowest BCUT2D eigenvalue weighted by molar-refractivity contribution is -0.136. The molecule has 1 atom stereocenters. The molecule has 0 aliphatic heterocycles. The highest BCUT2D eigenvalue weighted by molar-refractivity contribution is 6.39. The minimum Gasteiger partial charge on any atom is -0.393 e. The lowest BCUT2D eigenvalue weighted by Gasteiger charge is -2.26. The standard InChI is InChI=1S/C18H28N2O3/c1-12(2)14-8-6-7-9-15(14)20-17(23)16(22)19-11-18(4,5)10-13(3)21/h6-9,12-13,21H,10-11H2,1-5H3,(H,19,22)(H,20,23). The Morgan fingerprint density at radius 2 is 1.74 bits per heavy atom. The zero-order valence-electron chi connectivity index (χ0n) is 14.6. The number of amides is 2. The molecule has 1 rings (SSSR count). The summed E-state index contributed by atoms with van der Waals surface area (Å²) in [4.78, 5) is 24.0. The molecular formula is C18H28N2O3. The fourth-order valence-electron chi connectivity index (χ4n) is 2.57. The quantitative estimate of drug-likeness (QED) is 0.705. The molecule has 5 nitrogen and oxygen atoms in total. The van der Waals surface area contributed by atoms with E-state index in [1.54, 1.807) is 13.0 Å². The van der Waals surface area contributed by atoms with E-state index in [1.165, 1.54) is 0 Å². The number of aliphatic hydroxyl groups excluding tert-OH is 1. The van der Waals surface area contributed by atoms with Crippen LogP contribution in [0.5, 0.6) is 0 Å². The van der Waals surface area contributed by atoms with Gasteiger partial charge < -0.3 is 15.7 Å². The highest BCUT2D eigenvalue weighted by Gasteiger charge is 2.23. The van der Waals surface area contributed by atoms with Crippen molar-refractivity contribution in [2.75, 3.05) is 11.9 Å². The van der Waals surface area contributed by atoms with E-state index in [1.807, 2.05) is 45.9 Å². The van der Waals surface area contributed by atoms with Gasteiger partial charge in [-0.3, -0.25) is 9.59 Å². The van der Waals surface area contributed by atoms with Crippen molar-refractivity contribution in [3.05, 3.63) is 29.8 Å². The molecule has 2 amide bonds. The predicted octanol–water partition coefficient (Wildman–Crippen LogP) is 2.66. The summed E-state index contributed by atoms with van der Waals surface area (Å²) < 4.78 is 0. The zero-order chi connectivity index (χ0) is 17.6. The Morgan fingerprint density at radius 1 is 1.13 bits per heavy atom. The Balaban J connectivity index is 2.64.